The number of carbonyl (C=O) groups is 1. The van der Waals surface area contributed by atoms with Gasteiger partial charge in [-0.15, -0.1) is 0 Å². The highest BCUT2D eigenvalue weighted by atomic mass is 32.2. The Balaban J connectivity index is 1.49. The van der Waals surface area contributed by atoms with Crippen LogP contribution in [-0.2, 0) is 11.2 Å². The summed E-state index contributed by atoms with van der Waals surface area (Å²) in [6.45, 7) is 4.19. The highest BCUT2D eigenvalue weighted by molar-refractivity contribution is 7.99. The van der Waals surface area contributed by atoms with Gasteiger partial charge in [0.25, 0.3) is 5.56 Å². The molecule has 1 amide bonds. The van der Waals surface area contributed by atoms with Crippen molar-refractivity contribution in [1.29, 1.82) is 0 Å². The third kappa shape index (κ3) is 4.21. The largest absolute Gasteiger partial charge is 0.353 e. The SMILES string of the molecule is CCCc1cc(=O)[nH]c(SCC(=O)NC(C)C2CC3CCC2C3)n1. The standard InChI is InChI=1S/C18H27N3O2S/c1-3-4-14-9-16(22)21-18(20-14)24-10-17(23)19-11(2)15-8-12-5-6-13(15)7-12/h9,11-13,15H,3-8,10H2,1-2H3,(H,19,23)(H,20,21,22). The van der Waals surface area contributed by atoms with Gasteiger partial charge in [-0.05, 0) is 50.4 Å². The Morgan fingerprint density at radius 1 is 1.46 bits per heavy atom. The van der Waals surface area contributed by atoms with Crippen LogP contribution in [-0.4, -0.2) is 27.7 Å². The second-order valence-electron chi connectivity index (χ2n) is 7.28. The molecule has 0 aliphatic heterocycles. The Kier molecular flexibility index (Phi) is 5.64. The van der Waals surface area contributed by atoms with Crippen LogP contribution in [0, 0.1) is 17.8 Å². The molecule has 3 rings (SSSR count). The van der Waals surface area contributed by atoms with Crippen LogP contribution >= 0.6 is 11.8 Å². The lowest BCUT2D eigenvalue weighted by Gasteiger charge is -2.28. The molecule has 2 aliphatic rings. The summed E-state index contributed by atoms with van der Waals surface area (Å²) in [5, 5.41) is 3.69. The highest BCUT2D eigenvalue weighted by Crippen LogP contribution is 2.49. The summed E-state index contributed by atoms with van der Waals surface area (Å²) >= 11 is 1.30. The summed E-state index contributed by atoms with van der Waals surface area (Å²) in [5.41, 5.74) is 0.645. The molecule has 0 spiro atoms. The number of fused-ring (bicyclic) bond motifs is 2. The van der Waals surface area contributed by atoms with Crippen LogP contribution in [0.3, 0.4) is 0 Å². The molecule has 2 saturated carbocycles. The van der Waals surface area contributed by atoms with Crippen molar-refractivity contribution < 1.29 is 4.79 Å². The smallest absolute Gasteiger partial charge is 0.251 e. The van der Waals surface area contributed by atoms with Crippen LogP contribution in [0.5, 0.6) is 0 Å². The van der Waals surface area contributed by atoms with E-state index in [2.05, 4.69) is 29.1 Å². The molecule has 2 fully saturated rings. The number of rotatable bonds is 7. The number of H-pyrrole nitrogens is 1. The minimum atomic E-state index is -0.147. The molecule has 2 N–H and O–H groups in total. The van der Waals surface area contributed by atoms with E-state index < -0.39 is 0 Å². The Bertz CT molecular complexity index is 645. The first-order chi connectivity index (χ1) is 11.5. The lowest BCUT2D eigenvalue weighted by atomic mass is 9.84. The molecular formula is C18H27N3O2S. The maximum Gasteiger partial charge on any atom is 0.251 e. The van der Waals surface area contributed by atoms with Gasteiger partial charge in [-0.2, -0.15) is 0 Å². The van der Waals surface area contributed by atoms with Crippen molar-refractivity contribution in [2.75, 3.05) is 5.75 Å². The molecule has 4 unspecified atom stereocenters. The first-order valence-electron chi connectivity index (χ1n) is 9.07. The maximum atomic E-state index is 12.2. The summed E-state index contributed by atoms with van der Waals surface area (Å²) in [4.78, 5) is 31.0. The minimum absolute atomic E-state index is 0.0267. The van der Waals surface area contributed by atoms with Crippen molar-refractivity contribution in [3.63, 3.8) is 0 Å². The summed E-state index contributed by atoms with van der Waals surface area (Å²) in [7, 11) is 0. The molecule has 2 bridgehead atoms. The maximum absolute atomic E-state index is 12.2. The fourth-order valence-corrected chi connectivity index (χ4v) is 5.08. The average Bonchev–Trinajstić information content (AvgIpc) is 3.16. The highest BCUT2D eigenvalue weighted by Gasteiger charge is 2.42. The Labute approximate surface area is 147 Å². The van der Waals surface area contributed by atoms with Gasteiger partial charge in [0.05, 0.1) is 5.75 Å². The van der Waals surface area contributed by atoms with Crippen LogP contribution in [0.2, 0.25) is 0 Å². The van der Waals surface area contributed by atoms with Crippen molar-refractivity contribution in [1.82, 2.24) is 15.3 Å². The minimum Gasteiger partial charge on any atom is -0.353 e. The summed E-state index contributed by atoms with van der Waals surface area (Å²) in [6.07, 6.45) is 7.07. The second-order valence-corrected chi connectivity index (χ2v) is 8.24. The molecule has 24 heavy (non-hydrogen) atoms. The number of nitrogens with one attached hydrogen (secondary N) is 2. The number of hydrogen-bond acceptors (Lipinski definition) is 4. The zero-order chi connectivity index (χ0) is 17.1. The monoisotopic (exact) mass is 349 g/mol. The zero-order valence-corrected chi connectivity index (χ0v) is 15.3. The van der Waals surface area contributed by atoms with E-state index in [0.717, 1.165) is 30.4 Å². The van der Waals surface area contributed by atoms with Crippen molar-refractivity contribution in [3.05, 3.63) is 22.1 Å². The molecule has 1 heterocycles. The molecular weight excluding hydrogens is 322 g/mol. The van der Waals surface area contributed by atoms with Crippen LogP contribution in [0.4, 0.5) is 0 Å². The molecule has 0 saturated heterocycles. The van der Waals surface area contributed by atoms with Gasteiger partial charge in [0.1, 0.15) is 0 Å². The van der Waals surface area contributed by atoms with Gasteiger partial charge in [-0.3, -0.25) is 9.59 Å². The van der Waals surface area contributed by atoms with E-state index in [1.807, 2.05) is 0 Å². The molecule has 1 aromatic rings. The number of aryl methyl sites for hydroxylation is 1. The van der Waals surface area contributed by atoms with Crippen molar-refractivity contribution >= 4 is 17.7 Å². The van der Waals surface area contributed by atoms with Crippen LogP contribution in [0.25, 0.3) is 0 Å². The van der Waals surface area contributed by atoms with E-state index in [1.54, 1.807) is 0 Å². The van der Waals surface area contributed by atoms with Gasteiger partial charge >= 0.3 is 0 Å². The lowest BCUT2D eigenvalue weighted by molar-refractivity contribution is -0.119. The van der Waals surface area contributed by atoms with E-state index in [4.69, 9.17) is 0 Å². The Morgan fingerprint density at radius 2 is 2.29 bits per heavy atom. The van der Waals surface area contributed by atoms with E-state index >= 15 is 0 Å². The topological polar surface area (TPSA) is 74.8 Å². The predicted octanol–water partition coefficient (Wildman–Crippen LogP) is 2.76. The third-order valence-electron chi connectivity index (χ3n) is 5.44. The Morgan fingerprint density at radius 3 is 2.96 bits per heavy atom. The van der Waals surface area contributed by atoms with Gasteiger partial charge in [-0.1, -0.05) is 31.5 Å². The van der Waals surface area contributed by atoms with Gasteiger partial charge in [-0.25, -0.2) is 4.98 Å². The number of aromatic amines is 1. The van der Waals surface area contributed by atoms with E-state index in [9.17, 15) is 9.59 Å². The molecule has 4 atom stereocenters. The quantitative estimate of drug-likeness (QED) is 0.586. The van der Waals surface area contributed by atoms with Crippen molar-refractivity contribution in [3.8, 4) is 0 Å². The average molecular weight is 350 g/mol. The van der Waals surface area contributed by atoms with E-state index in [0.29, 0.717) is 16.8 Å². The molecule has 132 valence electrons. The third-order valence-corrected chi connectivity index (χ3v) is 6.32. The van der Waals surface area contributed by atoms with Crippen molar-refractivity contribution in [2.45, 2.75) is 63.6 Å². The summed E-state index contributed by atoms with van der Waals surface area (Å²) < 4.78 is 0. The number of amides is 1. The van der Waals surface area contributed by atoms with Crippen LogP contribution < -0.4 is 10.9 Å². The van der Waals surface area contributed by atoms with Gasteiger partial charge in [0.2, 0.25) is 5.91 Å². The first-order valence-corrected chi connectivity index (χ1v) is 10.1. The molecule has 5 nitrogen and oxygen atoms in total. The zero-order valence-electron chi connectivity index (χ0n) is 14.5. The molecule has 2 aliphatic carbocycles. The van der Waals surface area contributed by atoms with E-state index in [1.165, 1.54) is 43.5 Å². The van der Waals surface area contributed by atoms with Crippen LogP contribution in [0.1, 0.15) is 51.6 Å². The normalized spacial score (nSPS) is 26.5. The van der Waals surface area contributed by atoms with E-state index in [-0.39, 0.29) is 17.5 Å². The summed E-state index contributed by atoms with van der Waals surface area (Å²) in [5.74, 6) is 2.66. The molecule has 1 aromatic heterocycles. The first kappa shape index (κ1) is 17.5. The fraction of sp³-hybridized carbons (Fsp3) is 0.722. The van der Waals surface area contributed by atoms with Gasteiger partial charge < -0.3 is 10.3 Å². The second kappa shape index (κ2) is 7.72. The Hall–Kier alpha value is -1.30. The fourth-order valence-electron chi connectivity index (χ4n) is 4.38. The number of carbonyl (C=O) groups excluding carboxylic acids is 1. The molecule has 0 radical (unpaired) electrons. The van der Waals surface area contributed by atoms with Gasteiger partial charge in [0.15, 0.2) is 5.16 Å². The lowest BCUT2D eigenvalue weighted by Crippen LogP contribution is -2.41. The number of aromatic nitrogens is 2. The molecule has 6 heteroatoms. The summed E-state index contributed by atoms with van der Waals surface area (Å²) in [6, 6.07) is 1.78. The number of hydrogen-bond donors (Lipinski definition) is 2. The number of thioether (sulfide) groups is 1. The number of nitrogens with zero attached hydrogens (tertiary/aromatic N) is 1. The van der Waals surface area contributed by atoms with Crippen molar-refractivity contribution in [2.24, 2.45) is 17.8 Å². The predicted molar refractivity (Wildman–Crippen MR) is 96.1 cm³/mol. The molecule has 0 aromatic carbocycles. The van der Waals surface area contributed by atoms with Gasteiger partial charge in [0, 0.05) is 17.8 Å². The van der Waals surface area contributed by atoms with Crippen LogP contribution in [0.15, 0.2) is 16.0 Å².